The third kappa shape index (κ3) is 4.77. The number of hydrogen-bond donors (Lipinski definition) is 2. The van der Waals surface area contributed by atoms with Crippen molar-refractivity contribution in [2.24, 2.45) is 0 Å². The molecule has 0 aliphatic carbocycles. The average molecular weight is 451 g/mol. The molecule has 4 aromatic rings. The first-order chi connectivity index (χ1) is 15.0. The maximum absolute atomic E-state index is 13.0. The summed E-state index contributed by atoms with van der Waals surface area (Å²) in [6.45, 7) is 0. The van der Waals surface area contributed by atoms with Gasteiger partial charge in [0.15, 0.2) is 0 Å². The van der Waals surface area contributed by atoms with Crippen molar-refractivity contribution in [1.82, 2.24) is 9.78 Å². The number of benzene rings is 3. The van der Waals surface area contributed by atoms with Crippen molar-refractivity contribution < 1.29 is 9.59 Å². The minimum atomic E-state index is -0.434. The van der Waals surface area contributed by atoms with E-state index in [1.165, 1.54) is 10.9 Å². The summed E-state index contributed by atoms with van der Waals surface area (Å²) >= 11 is 11.9. The molecule has 0 aliphatic rings. The summed E-state index contributed by atoms with van der Waals surface area (Å²) < 4.78 is 1.50. The highest BCUT2D eigenvalue weighted by Gasteiger charge is 2.21. The summed E-state index contributed by atoms with van der Waals surface area (Å²) in [5.74, 6) is -0.590. The highest BCUT2D eigenvalue weighted by Crippen LogP contribution is 2.23. The molecule has 0 aliphatic heterocycles. The van der Waals surface area contributed by atoms with E-state index in [1.54, 1.807) is 48.5 Å². The molecule has 0 unspecified atom stereocenters. The molecular formula is C23H16Cl2N4O2. The first-order valence-electron chi connectivity index (χ1n) is 9.28. The molecule has 2 amide bonds. The first-order valence-corrected chi connectivity index (χ1v) is 10.0. The van der Waals surface area contributed by atoms with Crippen LogP contribution in [0.15, 0.2) is 85.1 Å². The molecule has 0 saturated carbocycles. The number of nitrogens with zero attached hydrogens (tertiary/aromatic N) is 2. The SMILES string of the molecule is O=C(Nc1c(C(=O)Nc2cccc(Cl)c2)cnn1-c1ccccc1)c1ccc(Cl)cc1. The second-order valence-corrected chi connectivity index (χ2v) is 7.45. The molecule has 4 rings (SSSR count). The van der Waals surface area contributed by atoms with E-state index < -0.39 is 11.8 Å². The van der Waals surface area contributed by atoms with E-state index in [-0.39, 0.29) is 11.4 Å². The Bertz CT molecular complexity index is 1240. The van der Waals surface area contributed by atoms with Gasteiger partial charge in [-0.25, -0.2) is 4.68 Å². The third-order valence-corrected chi connectivity index (χ3v) is 4.92. The molecule has 31 heavy (non-hydrogen) atoms. The molecule has 2 N–H and O–H groups in total. The molecule has 154 valence electrons. The zero-order valence-electron chi connectivity index (χ0n) is 16.0. The minimum Gasteiger partial charge on any atom is -0.322 e. The summed E-state index contributed by atoms with van der Waals surface area (Å²) in [5.41, 5.74) is 1.81. The van der Waals surface area contributed by atoms with Crippen molar-refractivity contribution in [2.75, 3.05) is 10.6 Å². The van der Waals surface area contributed by atoms with Crippen LogP contribution >= 0.6 is 23.2 Å². The second-order valence-electron chi connectivity index (χ2n) is 6.58. The fourth-order valence-electron chi connectivity index (χ4n) is 2.95. The molecule has 0 saturated heterocycles. The fourth-order valence-corrected chi connectivity index (χ4v) is 3.26. The van der Waals surface area contributed by atoms with Gasteiger partial charge in [-0.15, -0.1) is 0 Å². The van der Waals surface area contributed by atoms with Crippen molar-refractivity contribution in [3.05, 3.63) is 106 Å². The van der Waals surface area contributed by atoms with E-state index in [9.17, 15) is 9.59 Å². The first kappa shape index (κ1) is 20.7. The Morgan fingerprint density at radius 2 is 1.52 bits per heavy atom. The number of halogens is 2. The van der Waals surface area contributed by atoms with E-state index in [0.29, 0.717) is 27.0 Å². The molecule has 6 nitrogen and oxygen atoms in total. The molecule has 0 atom stereocenters. The highest BCUT2D eigenvalue weighted by molar-refractivity contribution is 6.31. The third-order valence-electron chi connectivity index (χ3n) is 4.44. The number of nitrogens with one attached hydrogen (secondary N) is 2. The van der Waals surface area contributed by atoms with Crippen LogP contribution in [0.2, 0.25) is 10.0 Å². The number of rotatable bonds is 5. The van der Waals surface area contributed by atoms with Gasteiger partial charge in [0.2, 0.25) is 0 Å². The Balaban J connectivity index is 1.70. The van der Waals surface area contributed by atoms with E-state index in [2.05, 4.69) is 15.7 Å². The van der Waals surface area contributed by atoms with Crippen molar-refractivity contribution in [1.29, 1.82) is 0 Å². The lowest BCUT2D eigenvalue weighted by Crippen LogP contribution is -2.19. The molecule has 0 fully saturated rings. The number of amides is 2. The summed E-state index contributed by atoms with van der Waals surface area (Å²) in [7, 11) is 0. The van der Waals surface area contributed by atoms with Gasteiger partial charge in [-0.2, -0.15) is 5.10 Å². The van der Waals surface area contributed by atoms with Crippen molar-refractivity contribution in [3.63, 3.8) is 0 Å². The summed E-state index contributed by atoms with van der Waals surface area (Å²) in [6, 6.07) is 22.4. The van der Waals surface area contributed by atoms with Crippen LogP contribution in [0.25, 0.3) is 5.69 Å². The van der Waals surface area contributed by atoms with Crippen LogP contribution in [0.4, 0.5) is 11.5 Å². The smallest absolute Gasteiger partial charge is 0.261 e. The minimum absolute atomic E-state index is 0.200. The van der Waals surface area contributed by atoms with Crippen molar-refractivity contribution in [2.45, 2.75) is 0 Å². The normalized spacial score (nSPS) is 10.5. The number of carbonyl (C=O) groups excluding carboxylic acids is 2. The van der Waals surface area contributed by atoms with Crippen LogP contribution in [0.3, 0.4) is 0 Å². The standard InChI is InChI=1S/C23H16Cl2N4O2/c24-16-11-9-15(10-12-16)22(30)28-21-20(14-26-29(21)19-7-2-1-3-8-19)23(31)27-18-6-4-5-17(25)13-18/h1-14H,(H,27,31)(H,28,30). The van der Waals surface area contributed by atoms with Crippen molar-refractivity contribution >= 4 is 46.5 Å². The monoisotopic (exact) mass is 450 g/mol. The Morgan fingerprint density at radius 1 is 0.774 bits per heavy atom. The van der Waals surface area contributed by atoms with Gasteiger partial charge in [-0.3, -0.25) is 9.59 Å². The maximum atomic E-state index is 13.0. The summed E-state index contributed by atoms with van der Waals surface area (Å²) in [5, 5.41) is 10.9. The lowest BCUT2D eigenvalue weighted by atomic mass is 10.2. The molecule has 1 aromatic heterocycles. The van der Waals surface area contributed by atoms with Crippen LogP contribution in [-0.2, 0) is 0 Å². The average Bonchev–Trinajstić information content (AvgIpc) is 3.18. The Labute approximate surface area is 188 Å². The Hall–Kier alpha value is -3.61. The van der Waals surface area contributed by atoms with Gasteiger partial charge in [-0.05, 0) is 54.6 Å². The van der Waals surface area contributed by atoms with Crippen LogP contribution < -0.4 is 10.6 Å². The number of para-hydroxylation sites is 1. The largest absolute Gasteiger partial charge is 0.322 e. The van der Waals surface area contributed by atoms with Gasteiger partial charge in [0.25, 0.3) is 11.8 Å². The van der Waals surface area contributed by atoms with E-state index in [1.807, 2.05) is 30.3 Å². The fraction of sp³-hybridized carbons (Fsp3) is 0. The predicted octanol–water partition coefficient (Wildman–Crippen LogP) is 5.68. The molecule has 0 radical (unpaired) electrons. The second kappa shape index (κ2) is 9.04. The molecular weight excluding hydrogens is 435 g/mol. The number of anilines is 2. The predicted molar refractivity (Wildman–Crippen MR) is 122 cm³/mol. The lowest BCUT2D eigenvalue weighted by molar-refractivity contribution is 0.102. The summed E-state index contributed by atoms with van der Waals surface area (Å²) in [6.07, 6.45) is 1.41. The molecule has 8 heteroatoms. The van der Waals surface area contributed by atoms with E-state index >= 15 is 0 Å². The van der Waals surface area contributed by atoms with Crippen LogP contribution in [0.5, 0.6) is 0 Å². The summed E-state index contributed by atoms with van der Waals surface area (Å²) in [4.78, 5) is 25.8. The van der Waals surface area contributed by atoms with Gasteiger partial charge in [0.05, 0.1) is 11.9 Å². The Morgan fingerprint density at radius 3 is 2.23 bits per heavy atom. The number of carbonyl (C=O) groups is 2. The van der Waals surface area contributed by atoms with Gasteiger partial charge in [0, 0.05) is 21.3 Å². The van der Waals surface area contributed by atoms with Gasteiger partial charge < -0.3 is 10.6 Å². The molecule has 0 spiro atoms. The Kier molecular flexibility index (Phi) is 6.02. The van der Waals surface area contributed by atoms with Gasteiger partial charge in [0.1, 0.15) is 11.4 Å². The van der Waals surface area contributed by atoms with Crippen LogP contribution in [-0.4, -0.2) is 21.6 Å². The highest BCUT2D eigenvalue weighted by atomic mass is 35.5. The van der Waals surface area contributed by atoms with Crippen molar-refractivity contribution in [3.8, 4) is 5.69 Å². The van der Waals surface area contributed by atoms with E-state index in [4.69, 9.17) is 23.2 Å². The van der Waals surface area contributed by atoms with Crippen LogP contribution in [0.1, 0.15) is 20.7 Å². The van der Waals surface area contributed by atoms with Gasteiger partial charge in [-0.1, -0.05) is 47.5 Å². The molecule has 0 bridgehead atoms. The van der Waals surface area contributed by atoms with Gasteiger partial charge >= 0.3 is 0 Å². The topological polar surface area (TPSA) is 76.0 Å². The number of hydrogen-bond acceptors (Lipinski definition) is 3. The number of aromatic nitrogens is 2. The van der Waals surface area contributed by atoms with E-state index in [0.717, 1.165) is 0 Å². The zero-order chi connectivity index (χ0) is 21.8. The zero-order valence-corrected chi connectivity index (χ0v) is 17.6. The lowest BCUT2D eigenvalue weighted by Gasteiger charge is -2.12. The maximum Gasteiger partial charge on any atom is 0.261 e. The quantitative estimate of drug-likeness (QED) is 0.410. The molecule has 3 aromatic carbocycles. The molecule has 1 heterocycles. The van der Waals surface area contributed by atoms with Crippen LogP contribution in [0, 0.1) is 0 Å².